The molecule has 82 valence electrons. The van der Waals surface area contributed by atoms with Gasteiger partial charge in [0.25, 0.3) is 0 Å². The van der Waals surface area contributed by atoms with E-state index in [1.807, 2.05) is 0 Å². The van der Waals surface area contributed by atoms with Crippen LogP contribution in [0.4, 0.5) is 0 Å². The number of aromatic nitrogens is 1. The number of ketones is 1. The first-order valence-corrected chi connectivity index (χ1v) is 4.79. The van der Waals surface area contributed by atoms with Gasteiger partial charge in [-0.3, -0.25) is 9.59 Å². The summed E-state index contributed by atoms with van der Waals surface area (Å²) in [4.78, 5) is 25.1. The molecule has 2 N–H and O–H groups in total. The van der Waals surface area contributed by atoms with Gasteiger partial charge >= 0.3 is 5.97 Å². The molecule has 1 heterocycles. The van der Waals surface area contributed by atoms with Gasteiger partial charge in [0.05, 0.1) is 5.92 Å². The van der Waals surface area contributed by atoms with Gasteiger partial charge in [0.1, 0.15) is 0 Å². The summed E-state index contributed by atoms with van der Waals surface area (Å²) < 4.78 is 0. The first kappa shape index (κ1) is 11.5. The third kappa shape index (κ3) is 1.93. The molecule has 15 heavy (non-hydrogen) atoms. The van der Waals surface area contributed by atoms with Crippen LogP contribution in [0, 0.1) is 13.8 Å². The Morgan fingerprint density at radius 1 is 1.33 bits per heavy atom. The van der Waals surface area contributed by atoms with Crippen molar-refractivity contribution in [1.82, 2.24) is 4.98 Å². The van der Waals surface area contributed by atoms with Crippen molar-refractivity contribution in [3.05, 3.63) is 22.5 Å². The summed E-state index contributed by atoms with van der Waals surface area (Å²) in [6, 6.07) is 0. The summed E-state index contributed by atoms with van der Waals surface area (Å²) in [6.07, 6.45) is 0. The molecule has 1 aromatic heterocycles. The Hall–Kier alpha value is -1.58. The van der Waals surface area contributed by atoms with Crippen molar-refractivity contribution >= 4 is 11.8 Å². The maximum atomic E-state index is 11.3. The predicted molar refractivity (Wildman–Crippen MR) is 56.3 cm³/mol. The number of carbonyl (C=O) groups is 2. The lowest BCUT2D eigenvalue weighted by Gasteiger charge is -2.05. The highest BCUT2D eigenvalue weighted by Crippen LogP contribution is 2.24. The summed E-state index contributed by atoms with van der Waals surface area (Å²) >= 11 is 0. The lowest BCUT2D eigenvalue weighted by Crippen LogP contribution is -2.09. The molecule has 0 saturated carbocycles. The van der Waals surface area contributed by atoms with Crippen LogP contribution in [0.3, 0.4) is 0 Å². The quantitative estimate of drug-likeness (QED) is 0.748. The van der Waals surface area contributed by atoms with E-state index in [4.69, 9.17) is 5.11 Å². The van der Waals surface area contributed by atoms with E-state index in [1.54, 1.807) is 20.8 Å². The standard InChI is InChI=1S/C11H15NO3/c1-5-9(8(4)13)7(3)12-10(5)6(2)11(14)15/h6,12H,1-4H3,(H,14,15). The summed E-state index contributed by atoms with van der Waals surface area (Å²) in [5, 5.41) is 8.89. The van der Waals surface area contributed by atoms with Crippen molar-refractivity contribution < 1.29 is 14.7 Å². The lowest BCUT2D eigenvalue weighted by molar-refractivity contribution is -0.138. The fourth-order valence-electron chi connectivity index (χ4n) is 1.86. The summed E-state index contributed by atoms with van der Waals surface area (Å²) in [5.74, 6) is -1.55. The molecule has 0 bridgehead atoms. The fourth-order valence-corrected chi connectivity index (χ4v) is 1.86. The van der Waals surface area contributed by atoms with E-state index in [-0.39, 0.29) is 5.78 Å². The van der Waals surface area contributed by atoms with Crippen molar-refractivity contribution in [2.24, 2.45) is 0 Å². The smallest absolute Gasteiger partial charge is 0.312 e. The highest BCUT2D eigenvalue weighted by atomic mass is 16.4. The minimum absolute atomic E-state index is 0.0370. The van der Waals surface area contributed by atoms with Crippen LogP contribution in [-0.4, -0.2) is 21.8 Å². The molecule has 0 saturated heterocycles. The van der Waals surface area contributed by atoms with E-state index in [9.17, 15) is 9.59 Å². The molecule has 1 unspecified atom stereocenters. The highest BCUT2D eigenvalue weighted by molar-refractivity contribution is 5.97. The molecule has 0 aliphatic rings. The van der Waals surface area contributed by atoms with Gasteiger partial charge in [0, 0.05) is 17.0 Å². The molecule has 0 aromatic carbocycles. The van der Waals surface area contributed by atoms with Crippen molar-refractivity contribution in [3.63, 3.8) is 0 Å². The van der Waals surface area contributed by atoms with Gasteiger partial charge < -0.3 is 10.1 Å². The number of carboxylic acids is 1. The molecule has 0 aliphatic carbocycles. The van der Waals surface area contributed by atoms with Crippen molar-refractivity contribution in [2.45, 2.75) is 33.6 Å². The van der Waals surface area contributed by atoms with Crippen LogP contribution in [0.5, 0.6) is 0 Å². The molecule has 1 aromatic rings. The van der Waals surface area contributed by atoms with Gasteiger partial charge in [-0.1, -0.05) is 0 Å². The molecule has 4 heteroatoms. The van der Waals surface area contributed by atoms with Crippen molar-refractivity contribution in [2.75, 3.05) is 0 Å². The third-order valence-electron chi connectivity index (χ3n) is 2.63. The van der Waals surface area contributed by atoms with E-state index in [1.165, 1.54) is 6.92 Å². The summed E-state index contributed by atoms with van der Waals surface area (Å²) in [5.41, 5.74) is 2.71. The van der Waals surface area contributed by atoms with Gasteiger partial charge in [-0.2, -0.15) is 0 Å². The Morgan fingerprint density at radius 3 is 2.20 bits per heavy atom. The van der Waals surface area contributed by atoms with E-state index in [0.29, 0.717) is 11.3 Å². The van der Waals surface area contributed by atoms with Crippen LogP contribution in [0.1, 0.15) is 47.1 Å². The number of rotatable bonds is 3. The zero-order chi connectivity index (χ0) is 11.7. The number of aromatic amines is 1. The number of Topliss-reactive ketones (excluding diaryl/α,β-unsaturated/α-hetero) is 1. The minimum atomic E-state index is -0.894. The first-order valence-electron chi connectivity index (χ1n) is 4.79. The van der Waals surface area contributed by atoms with E-state index in [0.717, 1.165) is 11.3 Å². The predicted octanol–water partition coefficient (Wildman–Crippen LogP) is 2.02. The maximum Gasteiger partial charge on any atom is 0.312 e. The molecule has 0 amide bonds. The number of aliphatic carboxylic acids is 1. The minimum Gasteiger partial charge on any atom is -0.481 e. The molecule has 4 nitrogen and oxygen atoms in total. The second-order valence-electron chi connectivity index (χ2n) is 3.78. The molecule has 0 spiro atoms. The van der Waals surface area contributed by atoms with Crippen LogP contribution in [0.2, 0.25) is 0 Å². The zero-order valence-electron chi connectivity index (χ0n) is 9.34. The first-order chi connectivity index (χ1) is 6.86. The average Bonchev–Trinajstić information content (AvgIpc) is 2.40. The Morgan fingerprint density at radius 2 is 1.87 bits per heavy atom. The normalized spacial score (nSPS) is 12.5. The maximum absolute atomic E-state index is 11.3. The van der Waals surface area contributed by atoms with Crippen molar-refractivity contribution in [1.29, 1.82) is 0 Å². The zero-order valence-corrected chi connectivity index (χ0v) is 9.34. The highest BCUT2D eigenvalue weighted by Gasteiger charge is 2.22. The van der Waals surface area contributed by atoms with Crippen LogP contribution < -0.4 is 0 Å². The fraction of sp³-hybridized carbons (Fsp3) is 0.455. The number of carboxylic acid groups (broad SMARTS) is 1. The van der Waals surface area contributed by atoms with Gasteiger partial charge in [-0.15, -0.1) is 0 Å². The van der Waals surface area contributed by atoms with Crippen LogP contribution in [0.15, 0.2) is 0 Å². The number of hydrogen-bond acceptors (Lipinski definition) is 2. The average molecular weight is 209 g/mol. The molecular formula is C11H15NO3. The largest absolute Gasteiger partial charge is 0.481 e. The third-order valence-corrected chi connectivity index (χ3v) is 2.63. The van der Waals surface area contributed by atoms with Crippen LogP contribution in [-0.2, 0) is 4.79 Å². The van der Waals surface area contributed by atoms with Crippen LogP contribution >= 0.6 is 0 Å². The number of nitrogens with one attached hydrogen (secondary N) is 1. The van der Waals surface area contributed by atoms with E-state index < -0.39 is 11.9 Å². The second-order valence-corrected chi connectivity index (χ2v) is 3.78. The van der Waals surface area contributed by atoms with Gasteiger partial charge in [0.15, 0.2) is 5.78 Å². The van der Waals surface area contributed by atoms with Gasteiger partial charge in [0.2, 0.25) is 0 Å². The van der Waals surface area contributed by atoms with Gasteiger partial charge in [-0.25, -0.2) is 0 Å². The monoisotopic (exact) mass is 209 g/mol. The Balaban J connectivity index is 3.29. The molecule has 0 fully saturated rings. The summed E-state index contributed by atoms with van der Waals surface area (Å²) in [6.45, 7) is 6.64. The molecular weight excluding hydrogens is 194 g/mol. The topological polar surface area (TPSA) is 70.2 Å². The van der Waals surface area contributed by atoms with Gasteiger partial charge in [-0.05, 0) is 33.3 Å². The lowest BCUT2D eigenvalue weighted by atomic mass is 10.0. The Kier molecular flexibility index (Phi) is 2.98. The molecule has 1 rings (SSSR count). The second kappa shape index (κ2) is 3.88. The molecule has 1 atom stereocenters. The van der Waals surface area contributed by atoms with E-state index >= 15 is 0 Å². The number of hydrogen-bond donors (Lipinski definition) is 2. The molecule has 0 radical (unpaired) electrons. The Labute approximate surface area is 88.3 Å². The molecule has 0 aliphatic heterocycles. The van der Waals surface area contributed by atoms with Crippen molar-refractivity contribution in [3.8, 4) is 0 Å². The number of carbonyl (C=O) groups excluding carboxylic acids is 1. The number of H-pyrrole nitrogens is 1. The SMILES string of the molecule is CC(=O)c1c(C)[nH]c(C(C)C(=O)O)c1C. The number of aryl methyl sites for hydroxylation is 1. The van der Waals surface area contributed by atoms with E-state index in [2.05, 4.69) is 4.98 Å². The summed E-state index contributed by atoms with van der Waals surface area (Å²) in [7, 11) is 0. The van der Waals surface area contributed by atoms with Crippen LogP contribution in [0.25, 0.3) is 0 Å². The Bertz CT molecular complexity index is 418.